The average Bonchev–Trinajstić information content (AvgIpc) is 2.47. The molecule has 0 N–H and O–H groups in total. The molecule has 1 atom stereocenters. The van der Waals surface area contributed by atoms with Gasteiger partial charge in [-0.15, -0.1) is 0 Å². The summed E-state index contributed by atoms with van der Waals surface area (Å²) in [5.74, 6) is 0.207. The van der Waals surface area contributed by atoms with E-state index >= 15 is 0 Å². The van der Waals surface area contributed by atoms with Gasteiger partial charge >= 0.3 is 0 Å². The van der Waals surface area contributed by atoms with Crippen LogP contribution in [-0.4, -0.2) is 60.5 Å². The molecule has 0 aromatic rings. The van der Waals surface area contributed by atoms with E-state index in [1.165, 1.54) is 0 Å². The summed E-state index contributed by atoms with van der Waals surface area (Å²) in [7, 11) is 0. The zero-order valence-electron chi connectivity index (χ0n) is 12.5. The highest BCUT2D eigenvalue weighted by atomic mass is 16.5. The molecule has 0 unspecified atom stereocenters. The van der Waals surface area contributed by atoms with Gasteiger partial charge in [0.15, 0.2) is 0 Å². The van der Waals surface area contributed by atoms with Crippen molar-refractivity contribution in [2.45, 2.75) is 51.6 Å². The van der Waals surface area contributed by atoms with Gasteiger partial charge in [0.2, 0.25) is 11.8 Å². The van der Waals surface area contributed by atoms with Crippen LogP contribution in [0.1, 0.15) is 45.4 Å². The van der Waals surface area contributed by atoms with Crippen LogP contribution in [0.15, 0.2) is 0 Å². The van der Waals surface area contributed by atoms with Gasteiger partial charge in [-0.05, 0) is 19.3 Å². The van der Waals surface area contributed by atoms with Crippen LogP contribution in [0.25, 0.3) is 0 Å². The zero-order valence-corrected chi connectivity index (χ0v) is 12.5. The average molecular weight is 282 g/mol. The number of morpholine rings is 1. The maximum absolute atomic E-state index is 12.3. The van der Waals surface area contributed by atoms with Gasteiger partial charge in [-0.25, -0.2) is 0 Å². The zero-order chi connectivity index (χ0) is 14.4. The molecule has 0 aliphatic carbocycles. The maximum atomic E-state index is 12.3. The van der Waals surface area contributed by atoms with Gasteiger partial charge < -0.3 is 14.5 Å². The Kier molecular flexibility index (Phi) is 5.83. The minimum Gasteiger partial charge on any atom is -0.375 e. The molecule has 5 heteroatoms. The molecule has 20 heavy (non-hydrogen) atoms. The molecular formula is C15H26N2O3. The van der Waals surface area contributed by atoms with Crippen LogP contribution < -0.4 is 0 Å². The Morgan fingerprint density at radius 2 is 2.05 bits per heavy atom. The molecule has 0 radical (unpaired) electrons. The van der Waals surface area contributed by atoms with Crippen LogP contribution in [0, 0.1) is 0 Å². The Morgan fingerprint density at radius 3 is 2.85 bits per heavy atom. The lowest BCUT2D eigenvalue weighted by atomic mass is 10.1. The normalized spacial score (nSPS) is 25.2. The van der Waals surface area contributed by atoms with E-state index in [-0.39, 0.29) is 24.5 Å². The highest BCUT2D eigenvalue weighted by Crippen LogP contribution is 2.13. The molecule has 2 heterocycles. The number of rotatable bonds is 3. The summed E-state index contributed by atoms with van der Waals surface area (Å²) in [6, 6.07) is 0. The third-order valence-electron chi connectivity index (χ3n) is 4.19. The van der Waals surface area contributed by atoms with Crippen molar-refractivity contribution in [3.63, 3.8) is 0 Å². The van der Waals surface area contributed by atoms with E-state index in [1.54, 1.807) is 4.90 Å². The first-order chi connectivity index (χ1) is 9.70. The molecule has 0 saturated carbocycles. The molecule has 0 aromatic heterocycles. The lowest BCUT2D eigenvalue weighted by Gasteiger charge is -2.34. The molecule has 5 nitrogen and oxygen atoms in total. The Balaban J connectivity index is 1.86. The summed E-state index contributed by atoms with van der Waals surface area (Å²) in [5.41, 5.74) is 0. The Hall–Kier alpha value is -1.10. The third-order valence-corrected chi connectivity index (χ3v) is 4.19. The number of carbonyl (C=O) groups excluding carboxylic acids is 2. The lowest BCUT2D eigenvalue weighted by molar-refractivity contribution is -0.145. The maximum Gasteiger partial charge on any atom is 0.242 e. The van der Waals surface area contributed by atoms with E-state index in [2.05, 4.69) is 6.92 Å². The second-order valence-electron chi connectivity index (χ2n) is 5.72. The molecule has 2 fully saturated rings. The van der Waals surface area contributed by atoms with Crippen LogP contribution >= 0.6 is 0 Å². The lowest BCUT2D eigenvalue weighted by Crippen LogP contribution is -2.50. The molecule has 114 valence electrons. The molecule has 0 spiro atoms. The topological polar surface area (TPSA) is 49.9 Å². The summed E-state index contributed by atoms with van der Waals surface area (Å²) in [5, 5.41) is 0. The van der Waals surface area contributed by atoms with E-state index in [9.17, 15) is 9.59 Å². The van der Waals surface area contributed by atoms with Gasteiger partial charge in [-0.1, -0.05) is 19.8 Å². The number of hydrogen-bond acceptors (Lipinski definition) is 3. The summed E-state index contributed by atoms with van der Waals surface area (Å²) in [6.07, 6.45) is 5.93. The Bertz CT molecular complexity index is 346. The van der Waals surface area contributed by atoms with Crippen molar-refractivity contribution in [3.8, 4) is 0 Å². The Morgan fingerprint density at radius 1 is 1.25 bits per heavy atom. The number of ether oxygens (including phenoxy) is 1. The van der Waals surface area contributed by atoms with Crippen molar-refractivity contribution >= 4 is 11.8 Å². The van der Waals surface area contributed by atoms with Crippen molar-refractivity contribution in [1.29, 1.82) is 0 Å². The van der Waals surface area contributed by atoms with Gasteiger partial charge in [0.1, 0.15) is 0 Å². The third kappa shape index (κ3) is 4.20. The van der Waals surface area contributed by atoms with E-state index in [0.717, 1.165) is 38.6 Å². The van der Waals surface area contributed by atoms with Crippen LogP contribution in [0.2, 0.25) is 0 Å². The van der Waals surface area contributed by atoms with E-state index in [0.29, 0.717) is 26.1 Å². The van der Waals surface area contributed by atoms with Crippen LogP contribution in [0.5, 0.6) is 0 Å². The van der Waals surface area contributed by atoms with Crippen molar-refractivity contribution in [3.05, 3.63) is 0 Å². The van der Waals surface area contributed by atoms with E-state index < -0.39 is 0 Å². The van der Waals surface area contributed by atoms with Gasteiger partial charge in [0, 0.05) is 26.1 Å². The summed E-state index contributed by atoms with van der Waals surface area (Å²) < 4.78 is 5.58. The SMILES string of the molecule is CC[C@H]1CN(C(=O)CN2CCCCCCC2=O)CCO1. The molecular weight excluding hydrogens is 256 g/mol. The second-order valence-corrected chi connectivity index (χ2v) is 5.72. The highest BCUT2D eigenvalue weighted by Gasteiger charge is 2.26. The van der Waals surface area contributed by atoms with Gasteiger partial charge in [0.05, 0.1) is 19.3 Å². The van der Waals surface area contributed by atoms with Gasteiger partial charge in [-0.3, -0.25) is 9.59 Å². The molecule has 2 aliphatic heterocycles. The number of nitrogens with zero attached hydrogens (tertiary/aromatic N) is 2. The summed E-state index contributed by atoms with van der Waals surface area (Å²) in [6.45, 7) is 4.97. The van der Waals surface area contributed by atoms with Crippen molar-refractivity contribution in [2.75, 3.05) is 32.8 Å². The first kappa shape index (κ1) is 15.3. The van der Waals surface area contributed by atoms with Crippen LogP contribution in [0.3, 0.4) is 0 Å². The van der Waals surface area contributed by atoms with Crippen molar-refractivity contribution in [2.24, 2.45) is 0 Å². The standard InChI is InChI=1S/C15H26N2O3/c1-2-13-11-17(9-10-20-13)15(19)12-16-8-6-4-3-5-7-14(16)18/h13H,2-12H2,1H3/t13-/m0/s1. The predicted octanol–water partition coefficient (Wildman–Crippen LogP) is 1.42. The van der Waals surface area contributed by atoms with E-state index in [4.69, 9.17) is 4.74 Å². The van der Waals surface area contributed by atoms with Gasteiger partial charge in [0.25, 0.3) is 0 Å². The molecule has 2 saturated heterocycles. The predicted molar refractivity (Wildman–Crippen MR) is 76.3 cm³/mol. The fraction of sp³-hybridized carbons (Fsp3) is 0.867. The Labute approximate surface area is 121 Å². The molecule has 2 aliphatic rings. The fourth-order valence-electron chi connectivity index (χ4n) is 2.84. The molecule has 0 bridgehead atoms. The number of carbonyl (C=O) groups is 2. The molecule has 2 amide bonds. The van der Waals surface area contributed by atoms with Crippen LogP contribution in [0.4, 0.5) is 0 Å². The van der Waals surface area contributed by atoms with Crippen molar-refractivity contribution in [1.82, 2.24) is 9.80 Å². The quantitative estimate of drug-likeness (QED) is 0.786. The molecule has 0 aromatic carbocycles. The number of hydrogen-bond donors (Lipinski definition) is 0. The van der Waals surface area contributed by atoms with Gasteiger partial charge in [-0.2, -0.15) is 0 Å². The molecule has 2 rings (SSSR count). The minimum atomic E-state index is 0.0701. The van der Waals surface area contributed by atoms with E-state index in [1.807, 2.05) is 4.90 Å². The van der Waals surface area contributed by atoms with Crippen LogP contribution in [-0.2, 0) is 14.3 Å². The summed E-state index contributed by atoms with van der Waals surface area (Å²) >= 11 is 0. The smallest absolute Gasteiger partial charge is 0.242 e. The first-order valence-corrected chi connectivity index (χ1v) is 7.88. The monoisotopic (exact) mass is 282 g/mol. The largest absolute Gasteiger partial charge is 0.375 e. The fourth-order valence-corrected chi connectivity index (χ4v) is 2.84. The number of likely N-dealkylation sites (tertiary alicyclic amines) is 1. The summed E-state index contributed by atoms with van der Waals surface area (Å²) in [4.78, 5) is 28.0. The highest BCUT2D eigenvalue weighted by molar-refractivity contribution is 5.85. The first-order valence-electron chi connectivity index (χ1n) is 7.88. The second kappa shape index (κ2) is 7.62. The minimum absolute atomic E-state index is 0.0701. The van der Waals surface area contributed by atoms with Crippen molar-refractivity contribution < 1.29 is 14.3 Å². The number of amides is 2.